The van der Waals surface area contributed by atoms with Gasteiger partial charge in [-0.2, -0.15) is 5.10 Å². The van der Waals surface area contributed by atoms with Crippen LogP contribution in [-0.4, -0.2) is 36.0 Å². The maximum Gasteiger partial charge on any atom is 0.225 e. The number of anilines is 1. The van der Waals surface area contributed by atoms with Gasteiger partial charge in [0.05, 0.1) is 11.5 Å². The van der Waals surface area contributed by atoms with Crippen LogP contribution >= 0.6 is 0 Å². The highest BCUT2D eigenvalue weighted by molar-refractivity contribution is 7.91. The highest BCUT2D eigenvalue weighted by Crippen LogP contribution is 2.27. The van der Waals surface area contributed by atoms with Crippen molar-refractivity contribution in [2.75, 3.05) is 16.8 Å². The van der Waals surface area contributed by atoms with Crippen LogP contribution in [0.1, 0.15) is 50.6 Å². The summed E-state index contributed by atoms with van der Waals surface area (Å²) in [5.41, 5.74) is 1.07. The van der Waals surface area contributed by atoms with Crippen LogP contribution in [0.4, 0.5) is 5.82 Å². The van der Waals surface area contributed by atoms with Crippen molar-refractivity contribution in [2.24, 2.45) is 11.8 Å². The van der Waals surface area contributed by atoms with Gasteiger partial charge in [-0.05, 0) is 24.7 Å². The molecule has 7 heteroatoms. The Morgan fingerprint density at radius 1 is 1.22 bits per heavy atom. The number of carbonyl (C=O) groups is 1. The van der Waals surface area contributed by atoms with E-state index >= 15 is 0 Å². The first kappa shape index (κ1) is 16.5. The minimum Gasteiger partial charge on any atom is -0.309 e. The summed E-state index contributed by atoms with van der Waals surface area (Å²) in [6, 6.07) is 1.90. The summed E-state index contributed by atoms with van der Waals surface area (Å²) in [6.45, 7) is 0. The molecule has 1 aromatic rings. The van der Waals surface area contributed by atoms with E-state index in [1.807, 2.05) is 6.07 Å². The largest absolute Gasteiger partial charge is 0.309 e. The van der Waals surface area contributed by atoms with Gasteiger partial charge >= 0.3 is 0 Å². The lowest BCUT2D eigenvalue weighted by atomic mass is 9.86. The zero-order valence-corrected chi connectivity index (χ0v) is 14.2. The molecule has 1 saturated heterocycles. The van der Waals surface area contributed by atoms with Crippen molar-refractivity contribution < 1.29 is 13.2 Å². The number of amides is 1. The van der Waals surface area contributed by atoms with Crippen LogP contribution in [0.25, 0.3) is 0 Å². The second-order valence-corrected chi connectivity index (χ2v) is 9.24. The summed E-state index contributed by atoms with van der Waals surface area (Å²) in [4.78, 5) is 12.0. The molecule has 0 radical (unpaired) electrons. The molecular weight excluding hydrogens is 314 g/mol. The molecule has 1 aliphatic heterocycles. The number of aromatic amines is 1. The third-order valence-corrected chi connectivity index (χ3v) is 6.77. The highest BCUT2D eigenvalue weighted by Gasteiger charge is 2.29. The molecule has 1 unspecified atom stereocenters. The van der Waals surface area contributed by atoms with Gasteiger partial charge in [0.1, 0.15) is 0 Å². The van der Waals surface area contributed by atoms with Crippen molar-refractivity contribution >= 4 is 21.6 Å². The van der Waals surface area contributed by atoms with Gasteiger partial charge in [0.15, 0.2) is 15.7 Å². The number of rotatable bonds is 5. The van der Waals surface area contributed by atoms with Gasteiger partial charge in [-0.15, -0.1) is 0 Å². The Morgan fingerprint density at radius 3 is 2.70 bits per heavy atom. The number of nitrogens with zero attached hydrogens (tertiary/aromatic N) is 1. The Morgan fingerprint density at radius 2 is 2.00 bits per heavy atom. The molecule has 23 heavy (non-hydrogen) atoms. The third kappa shape index (κ3) is 4.80. The molecule has 2 N–H and O–H groups in total. The summed E-state index contributed by atoms with van der Waals surface area (Å²) in [7, 11) is -2.93. The van der Waals surface area contributed by atoms with Crippen molar-refractivity contribution in [1.29, 1.82) is 0 Å². The second-order valence-electron chi connectivity index (χ2n) is 7.01. The summed E-state index contributed by atoms with van der Waals surface area (Å²) < 4.78 is 22.8. The fourth-order valence-corrected chi connectivity index (χ4v) is 5.58. The molecule has 2 aliphatic rings. The van der Waals surface area contributed by atoms with Crippen LogP contribution in [-0.2, 0) is 21.1 Å². The minimum atomic E-state index is -2.93. The second kappa shape index (κ2) is 7.03. The fraction of sp³-hybridized carbons (Fsp3) is 0.750. The van der Waals surface area contributed by atoms with Crippen LogP contribution < -0.4 is 5.32 Å². The number of nitrogens with one attached hydrogen (secondary N) is 2. The molecule has 1 saturated carbocycles. The van der Waals surface area contributed by atoms with Crippen molar-refractivity contribution in [2.45, 2.75) is 51.4 Å². The van der Waals surface area contributed by atoms with E-state index in [1.165, 1.54) is 32.1 Å². The van der Waals surface area contributed by atoms with Gasteiger partial charge < -0.3 is 5.32 Å². The van der Waals surface area contributed by atoms with Gasteiger partial charge in [-0.1, -0.05) is 32.1 Å². The third-order valence-electron chi connectivity index (χ3n) is 4.93. The summed E-state index contributed by atoms with van der Waals surface area (Å²) >= 11 is 0. The number of hydrogen-bond acceptors (Lipinski definition) is 4. The van der Waals surface area contributed by atoms with Gasteiger partial charge in [-0.3, -0.25) is 9.89 Å². The summed E-state index contributed by atoms with van der Waals surface area (Å²) in [5, 5.41) is 9.93. The molecule has 1 atom stereocenters. The monoisotopic (exact) mass is 339 g/mol. The summed E-state index contributed by atoms with van der Waals surface area (Å²) in [6.07, 6.45) is 8.35. The molecule has 1 aromatic heterocycles. The van der Waals surface area contributed by atoms with Crippen LogP contribution in [0.3, 0.4) is 0 Å². The van der Waals surface area contributed by atoms with Crippen molar-refractivity contribution in [1.82, 2.24) is 10.2 Å². The Balaban J connectivity index is 1.47. The lowest BCUT2D eigenvalue weighted by Crippen LogP contribution is -2.17. The normalized spacial score (nSPS) is 24.6. The Bertz CT molecular complexity index is 647. The molecule has 0 aromatic carbocycles. The molecule has 0 spiro atoms. The van der Waals surface area contributed by atoms with E-state index in [9.17, 15) is 13.2 Å². The average molecular weight is 339 g/mol. The highest BCUT2D eigenvalue weighted by atomic mass is 32.2. The first-order valence-electron chi connectivity index (χ1n) is 8.55. The molecule has 2 fully saturated rings. The minimum absolute atomic E-state index is 0.0550. The van der Waals surface area contributed by atoms with Gasteiger partial charge in [0.2, 0.25) is 5.91 Å². The Hall–Kier alpha value is -1.37. The molecule has 3 rings (SSSR count). The standard InChI is InChI=1S/C16H25N3O3S/c20-16(9-13-6-7-23(21,22)11-13)17-15-10-14(18-19-15)8-12-4-2-1-3-5-12/h10,12-13H,1-9,11H2,(H2,17,18,19,20). The van der Waals surface area contributed by atoms with Gasteiger partial charge in [-0.25, -0.2) is 8.42 Å². The van der Waals surface area contributed by atoms with Gasteiger partial charge in [0, 0.05) is 18.2 Å². The van der Waals surface area contributed by atoms with Crippen LogP contribution in [0.2, 0.25) is 0 Å². The molecule has 1 amide bonds. The number of carbonyl (C=O) groups excluding carboxylic acids is 1. The molecular formula is C16H25N3O3S. The number of aromatic nitrogens is 2. The molecule has 0 bridgehead atoms. The first-order valence-corrected chi connectivity index (χ1v) is 10.4. The zero-order chi connectivity index (χ0) is 16.3. The van der Waals surface area contributed by atoms with Crippen molar-refractivity contribution in [3.63, 3.8) is 0 Å². The maximum atomic E-state index is 12.0. The summed E-state index contributed by atoms with van der Waals surface area (Å²) in [5.74, 6) is 1.40. The van der Waals surface area contributed by atoms with E-state index in [0.717, 1.165) is 18.0 Å². The van der Waals surface area contributed by atoms with E-state index in [0.29, 0.717) is 12.2 Å². The topological polar surface area (TPSA) is 91.9 Å². The van der Waals surface area contributed by atoms with Crippen molar-refractivity contribution in [3.05, 3.63) is 11.8 Å². The van der Waals surface area contributed by atoms with Crippen LogP contribution in [0, 0.1) is 11.8 Å². The Labute approximate surface area is 137 Å². The maximum absolute atomic E-state index is 12.0. The van der Waals surface area contributed by atoms with E-state index in [4.69, 9.17) is 0 Å². The fourth-order valence-electron chi connectivity index (χ4n) is 3.72. The van der Waals surface area contributed by atoms with E-state index in [1.54, 1.807) is 0 Å². The van der Waals surface area contributed by atoms with Gasteiger partial charge in [0.25, 0.3) is 0 Å². The lowest BCUT2D eigenvalue weighted by Gasteiger charge is -2.20. The molecule has 1 aliphatic carbocycles. The van der Waals surface area contributed by atoms with E-state index < -0.39 is 9.84 Å². The van der Waals surface area contributed by atoms with E-state index in [-0.39, 0.29) is 29.8 Å². The predicted molar refractivity (Wildman–Crippen MR) is 88.9 cm³/mol. The van der Waals surface area contributed by atoms with E-state index in [2.05, 4.69) is 15.5 Å². The van der Waals surface area contributed by atoms with Crippen LogP contribution in [0.15, 0.2) is 6.07 Å². The Kier molecular flexibility index (Phi) is 5.04. The quantitative estimate of drug-likeness (QED) is 0.861. The first-order chi connectivity index (χ1) is 11.0. The van der Waals surface area contributed by atoms with Crippen molar-refractivity contribution in [3.8, 4) is 0 Å². The number of sulfone groups is 1. The molecule has 6 nitrogen and oxygen atoms in total. The smallest absolute Gasteiger partial charge is 0.225 e. The lowest BCUT2D eigenvalue weighted by molar-refractivity contribution is -0.116. The number of hydrogen-bond donors (Lipinski definition) is 2. The molecule has 2 heterocycles. The zero-order valence-electron chi connectivity index (χ0n) is 13.4. The predicted octanol–water partition coefficient (Wildman–Crippen LogP) is 2.30. The van der Waals surface area contributed by atoms with Crippen LogP contribution in [0.5, 0.6) is 0 Å². The average Bonchev–Trinajstić information content (AvgIpc) is 3.06. The molecule has 128 valence electrons. The number of H-pyrrole nitrogens is 1. The SMILES string of the molecule is O=C(CC1CCS(=O)(=O)C1)Nc1cc(CC2CCCCC2)[nH]n1.